The number of benzene rings is 1. The van der Waals surface area contributed by atoms with Crippen molar-refractivity contribution in [2.75, 3.05) is 11.1 Å². The summed E-state index contributed by atoms with van der Waals surface area (Å²) in [5.74, 6) is 0.171. The Kier molecular flexibility index (Phi) is 6.71. The van der Waals surface area contributed by atoms with Gasteiger partial charge in [-0.1, -0.05) is 10.6 Å². The van der Waals surface area contributed by atoms with Gasteiger partial charge >= 0.3 is 5.51 Å². The zero-order chi connectivity index (χ0) is 27.1. The molecule has 0 spiro atoms. The first-order valence-electron chi connectivity index (χ1n) is 11.7. The van der Waals surface area contributed by atoms with E-state index in [2.05, 4.69) is 25.3 Å². The van der Waals surface area contributed by atoms with E-state index in [1.165, 1.54) is 12.1 Å². The Morgan fingerprint density at radius 1 is 1.08 bits per heavy atom. The fourth-order valence-corrected chi connectivity index (χ4v) is 5.33. The van der Waals surface area contributed by atoms with Gasteiger partial charge in [0.2, 0.25) is 5.91 Å². The molecular weight excluding hydrogens is 523 g/mol. The van der Waals surface area contributed by atoms with Crippen molar-refractivity contribution in [3.63, 3.8) is 0 Å². The number of anilines is 2. The molecule has 1 aliphatic carbocycles. The smallest absolute Gasteiger partial charge is 0.382 e. The molecule has 0 aliphatic heterocycles. The summed E-state index contributed by atoms with van der Waals surface area (Å²) in [6.07, 6.45) is 7.52. The maximum atomic E-state index is 12.9. The highest BCUT2D eigenvalue weighted by Gasteiger charge is 2.46. The summed E-state index contributed by atoms with van der Waals surface area (Å²) in [5.41, 5.74) is 3.08. The number of pyridine rings is 1. The number of alkyl halides is 3. The number of nitrogen functional groups attached to an aromatic ring is 1. The monoisotopic (exact) mass is 547 g/mol. The fourth-order valence-electron chi connectivity index (χ4n) is 4.55. The van der Waals surface area contributed by atoms with E-state index in [-0.39, 0.29) is 29.4 Å². The number of carbonyl (C=O) groups is 1. The highest BCUT2D eigenvalue weighted by molar-refractivity contribution is 8.25. The summed E-state index contributed by atoms with van der Waals surface area (Å²) in [4.78, 5) is 29.7. The van der Waals surface area contributed by atoms with Crippen LogP contribution >= 0.6 is 10.6 Å². The average Bonchev–Trinajstić information content (AvgIpc) is 3.34. The van der Waals surface area contributed by atoms with Crippen LogP contribution in [0.2, 0.25) is 0 Å². The standard InChI is InChI=1S/C24H24F3N7O3S/c25-24(26,27)38(36,37)18-9-5-16(6-10-18)31-23(35)14-3-7-17(8-4-14)34-13-30-19-20(28)32-21(33-22(19)34)15-2-1-11-29-12-15/h1-2,5-6,9-14,17,36-37H,3-4,7-8H2,(H,31,35)(H2,28,32,33). The van der Waals surface area contributed by atoms with Crippen molar-refractivity contribution in [1.82, 2.24) is 24.5 Å². The molecule has 5 rings (SSSR count). The van der Waals surface area contributed by atoms with Crippen molar-refractivity contribution >= 4 is 39.2 Å². The van der Waals surface area contributed by atoms with Gasteiger partial charge in [0.1, 0.15) is 5.52 Å². The van der Waals surface area contributed by atoms with E-state index in [0.29, 0.717) is 42.7 Å². The molecule has 0 unspecified atom stereocenters. The highest BCUT2D eigenvalue weighted by Crippen LogP contribution is 2.61. The molecule has 1 fully saturated rings. The maximum absolute atomic E-state index is 12.9. The first-order chi connectivity index (χ1) is 18.0. The Morgan fingerprint density at radius 3 is 2.42 bits per heavy atom. The number of carbonyl (C=O) groups excluding carboxylic acids is 1. The third-order valence-electron chi connectivity index (χ3n) is 6.60. The number of rotatable bonds is 5. The van der Waals surface area contributed by atoms with E-state index in [0.717, 1.165) is 17.7 Å². The summed E-state index contributed by atoms with van der Waals surface area (Å²) in [6, 6.07) is 8.02. The number of aromatic nitrogens is 5. The van der Waals surface area contributed by atoms with Crippen LogP contribution in [0.25, 0.3) is 22.6 Å². The van der Waals surface area contributed by atoms with Crippen LogP contribution in [0.5, 0.6) is 0 Å². The van der Waals surface area contributed by atoms with Gasteiger partial charge in [0.15, 0.2) is 17.3 Å². The minimum absolute atomic E-state index is 0.0481. The van der Waals surface area contributed by atoms with Gasteiger partial charge in [0.05, 0.1) is 11.2 Å². The van der Waals surface area contributed by atoms with Crippen LogP contribution in [-0.2, 0) is 4.79 Å². The normalized spacial score (nSPS) is 18.9. The minimum Gasteiger partial charge on any atom is -0.382 e. The first kappa shape index (κ1) is 25.9. The number of nitrogens with one attached hydrogen (secondary N) is 1. The second-order valence-electron chi connectivity index (χ2n) is 9.01. The van der Waals surface area contributed by atoms with Crippen LogP contribution in [-0.4, -0.2) is 45.0 Å². The zero-order valence-electron chi connectivity index (χ0n) is 19.8. The Hall–Kier alpha value is -3.75. The largest absolute Gasteiger partial charge is 0.500 e. The number of nitrogens with zero attached hydrogens (tertiary/aromatic N) is 5. The number of halogens is 3. The van der Waals surface area contributed by atoms with Gasteiger partial charge in [0, 0.05) is 35.6 Å². The Morgan fingerprint density at radius 2 is 1.79 bits per heavy atom. The molecule has 4 aromatic rings. The summed E-state index contributed by atoms with van der Waals surface area (Å²) in [6.45, 7) is 0. The van der Waals surface area contributed by atoms with Crippen LogP contribution in [0.4, 0.5) is 24.7 Å². The molecule has 14 heteroatoms. The van der Waals surface area contributed by atoms with E-state index in [1.54, 1.807) is 24.8 Å². The quantitative estimate of drug-likeness (QED) is 0.257. The molecular formula is C24H24F3N7O3S. The molecule has 0 saturated heterocycles. The zero-order valence-corrected chi connectivity index (χ0v) is 20.7. The van der Waals surface area contributed by atoms with E-state index >= 15 is 0 Å². The lowest BCUT2D eigenvalue weighted by atomic mass is 9.85. The molecule has 0 atom stereocenters. The second-order valence-corrected chi connectivity index (χ2v) is 11.0. The third kappa shape index (κ3) is 4.89. The molecule has 0 radical (unpaired) electrons. The van der Waals surface area contributed by atoms with E-state index < -0.39 is 21.0 Å². The van der Waals surface area contributed by atoms with Gasteiger partial charge in [-0.25, -0.2) is 15.0 Å². The molecule has 200 valence electrons. The molecule has 3 aromatic heterocycles. The van der Waals surface area contributed by atoms with Crippen LogP contribution in [0.3, 0.4) is 0 Å². The highest BCUT2D eigenvalue weighted by atomic mass is 32.3. The number of hydrogen-bond acceptors (Lipinski definition) is 8. The van der Waals surface area contributed by atoms with Crippen molar-refractivity contribution in [2.45, 2.75) is 42.1 Å². The van der Waals surface area contributed by atoms with Crippen LogP contribution in [0.15, 0.2) is 60.0 Å². The molecule has 1 aromatic carbocycles. The van der Waals surface area contributed by atoms with Gasteiger partial charge in [-0.2, -0.15) is 13.2 Å². The van der Waals surface area contributed by atoms with Crippen molar-refractivity contribution in [3.8, 4) is 11.4 Å². The predicted molar refractivity (Wildman–Crippen MR) is 136 cm³/mol. The maximum Gasteiger partial charge on any atom is 0.500 e. The molecule has 10 nitrogen and oxygen atoms in total. The van der Waals surface area contributed by atoms with Gasteiger partial charge in [-0.3, -0.25) is 18.9 Å². The summed E-state index contributed by atoms with van der Waals surface area (Å²) in [5, 5.41) is 2.70. The van der Waals surface area contributed by atoms with E-state index in [1.807, 2.05) is 10.6 Å². The molecule has 1 saturated carbocycles. The topological polar surface area (TPSA) is 152 Å². The molecule has 1 aliphatic rings. The average molecular weight is 548 g/mol. The van der Waals surface area contributed by atoms with Gasteiger partial charge in [-0.15, -0.1) is 0 Å². The first-order valence-corrected chi connectivity index (χ1v) is 13.2. The Bertz CT molecular complexity index is 1460. The SMILES string of the molecule is Nc1nc(-c2cccnc2)nc2c1ncn2C1CCC(C(=O)Nc2ccc(S(O)(O)C(F)(F)F)cc2)CC1. The number of imidazole rings is 1. The number of nitrogens with two attached hydrogens (primary N) is 1. The van der Waals surface area contributed by atoms with Crippen molar-refractivity contribution in [1.29, 1.82) is 0 Å². The summed E-state index contributed by atoms with van der Waals surface area (Å²) < 4.78 is 59.4. The molecule has 38 heavy (non-hydrogen) atoms. The van der Waals surface area contributed by atoms with Gasteiger partial charge in [0.25, 0.3) is 0 Å². The Labute approximate surface area is 216 Å². The summed E-state index contributed by atoms with van der Waals surface area (Å²) >= 11 is 0. The van der Waals surface area contributed by atoms with Gasteiger partial charge < -0.3 is 15.6 Å². The predicted octanol–water partition coefficient (Wildman–Crippen LogP) is 5.47. The lowest BCUT2D eigenvalue weighted by Gasteiger charge is -2.33. The molecule has 0 bridgehead atoms. The van der Waals surface area contributed by atoms with E-state index in [4.69, 9.17) is 5.73 Å². The number of hydrogen-bond donors (Lipinski definition) is 4. The van der Waals surface area contributed by atoms with Gasteiger partial charge in [-0.05, 0) is 62.1 Å². The minimum atomic E-state index is -5.17. The lowest BCUT2D eigenvalue weighted by Crippen LogP contribution is -2.28. The molecule has 3 heterocycles. The summed E-state index contributed by atoms with van der Waals surface area (Å²) in [7, 11) is -4.95. The Balaban J connectivity index is 1.25. The van der Waals surface area contributed by atoms with Crippen molar-refractivity contribution < 1.29 is 27.1 Å². The lowest BCUT2D eigenvalue weighted by molar-refractivity contribution is -0.121. The van der Waals surface area contributed by atoms with E-state index in [9.17, 15) is 27.1 Å². The van der Waals surface area contributed by atoms with Crippen LogP contribution < -0.4 is 11.1 Å². The molecule has 1 amide bonds. The van der Waals surface area contributed by atoms with Crippen molar-refractivity contribution in [2.24, 2.45) is 5.92 Å². The van der Waals surface area contributed by atoms with Crippen molar-refractivity contribution in [3.05, 3.63) is 55.1 Å². The van der Waals surface area contributed by atoms with Crippen LogP contribution in [0, 0.1) is 5.92 Å². The molecule has 5 N–H and O–H groups in total. The fraction of sp³-hybridized carbons (Fsp3) is 0.292. The second kappa shape index (κ2) is 9.85. The number of amides is 1. The third-order valence-corrected chi connectivity index (χ3v) is 8.18. The number of fused-ring (bicyclic) bond motifs is 1. The van der Waals surface area contributed by atoms with Crippen LogP contribution in [0.1, 0.15) is 31.7 Å².